The summed E-state index contributed by atoms with van der Waals surface area (Å²) in [5, 5.41) is 3.28. The molecule has 0 bridgehead atoms. The van der Waals surface area contributed by atoms with Crippen molar-refractivity contribution in [2.24, 2.45) is 0 Å². The normalized spacial score (nSPS) is 11.2. The zero-order chi connectivity index (χ0) is 24.1. The molecule has 0 spiro atoms. The third-order valence-electron chi connectivity index (χ3n) is 5.26. The smallest absolute Gasteiger partial charge is 0.264 e. The summed E-state index contributed by atoms with van der Waals surface area (Å²) in [4.78, 5) is 17.1. The molecule has 0 saturated heterocycles. The van der Waals surface area contributed by atoms with Crippen LogP contribution >= 0.6 is 11.6 Å². The van der Waals surface area contributed by atoms with Gasteiger partial charge in [0.25, 0.3) is 10.0 Å². The first-order valence-corrected chi connectivity index (χ1v) is 12.4. The van der Waals surface area contributed by atoms with Crippen molar-refractivity contribution in [3.05, 3.63) is 108 Å². The van der Waals surface area contributed by atoms with Crippen LogP contribution < -0.4 is 9.62 Å². The predicted molar refractivity (Wildman–Crippen MR) is 133 cm³/mol. The molecule has 0 aliphatic rings. The Labute approximate surface area is 203 Å². The van der Waals surface area contributed by atoms with E-state index in [4.69, 9.17) is 11.6 Å². The van der Waals surface area contributed by atoms with E-state index < -0.39 is 15.9 Å². The Kier molecular flexibility index (Phi) is 7.00. The highest BCUT2D eigenvalue weighted by molar-refractivity contribution is 7.92. The fraction of sp³-hybridized carbons (Fsp3) is 0.120. The molecule has 174 valence electrons. The second kappa shape index (κ2) is 10.1. The molecule has 0 aliphatic carbocycles. The van der Waals surface area contributed by atoms with Crippen molar-refractivity contribution >= 4 is 33.2 Å². The van der Waals surface area contributed by atoms with Gasteiger partial charge in [0.15, 0.2) is 0 Å². The largest absolute Gasteiger partial charge is 0.350 e. The van der Waals surface area contributed by atoms with E-state index in [1.165, 1.54) is 12.1 Å². The monoisotopic (exact) mass is 494 g/mol. The number of sulfonamides is 1. The average molecular weight is 495 g/mol. The van der Waals surface area contributed by atoms with Gasteiger partial charge in [-0.3, -0.25) is 9.10 Å². The fourth-order valence-electron chi connectivity index (χ4n) is 3.45. The number of aromatic nitrogens is 2. The van der Waals surface area contributed by atoms with Crippen LogP contribution in [0.25, 0.3) is 5.69 Å². The summed E-state index contributed by atoms with van der Waals surface area (Å²) in [6, 6.07) is 22.0. The number of aryl methyl sites for hydroxylation is 1. The number of hydrogen-bond acceptors (Lipinski definition) is 4. The molecule has 0 unspecified atom stereocenters. The van der Waals surface area contributed by atoms with Crippen LogP contribution in [0.5, 0.6) is 0 Å². The lowest BCUT2D eigenvalue weighted by atomic mass is 10.2. The van der Waals surface area contributed by atoms with E-state index in [0.717, 1.165) is 21.4 Å². The quantitative estimate of drug-likeness (QED) is 0.395. The van der Waals surface area contributed by atoms with E-state index in [2.05, 4.69) is 10.3 Å². The number of amides is 1. The van der Waals surface area contributed by atoms with Gasteiger partial charge >= 0.3 is 0 Å². The van der Waals surface area contributed by atoms with Gasteiger partial charge in [0.2, 0.25) is 5.91 Å². The maximum Gasteiger partial charge on any atom is 0.264 e. The molecule has 4 rings (SSSR count). The molecule has 3 aromatic carbocycles. The molecular weight excluding hydrogens is 472 g/mol. The SMILES string of the molecule is Cc1nccn1-c1ccc(CNC(=O)CN(c2ccc(Cl)cc2)S(=O)(=O)c2ccccc2)cc1. The minimum atomic E-state index is -3.96. The van der Waals surface area contributed by atoms with Crippen molar-refractivity contribution < 1.29 is 13.2 Å². The number of rotatable bonds is 8. The van der Waals surface area contributed by atoms with Crippen molar-refractivity contribution in [1.82, 2.24) is 14.9 Å². The van der Waals surface area contributed by atoms with Crippen molar-refractivity contribution in [3.8, 4) is 5.69 Å². The first-order valence-electron chi connectivity index (χ1n) is 10.5. The average Bonchev–Trinajstić information content (AvgIpc) is 3.28. The summed E-state index contributed by atoms with van der Waals surface area (Å²) in [5.74, 6) is 0.451. The lowest BCUT2D eigenvalue weighted by Gasteiger charge is -2.24. The van der Waals surface area contributed by atoms with Crippen LogP contribution in [-0.4, -0.2) is 30.4 Å². The van der Waals surface area contributed by atoms with Gasteiger partial charge in [0, 0.05) is 29.6 Å². The Balaban J connectivity index is 1.49. The zero-order valence-electron chi connectivity index (χ0n) is 18.4. The fourth-order valence-corrected chi connectivity index (χ4v) is 5.02. The summed E-state index contributed by atoms with van der Waals surface area (Å²) in [6.45, 7) is 1.82. The molecule has 34 heavy (non-hydrogen) atoms. The number of carbonyl (C=O) groups is 1. The minimum absolute atomic E-state index is 0.100. The molecule has 0 fully saturated rings. The number of benzene rings is 3. The van der Waals surface area contributed by atoms with Gasteiger partial charge in [-0.15, -0.1) is 0 Å². The highest BCUT2D eigenvalue weighted by atomic mass is 35.5. The lowest BCUT2D eigenvalue weighted by molar-refractivity contribution is -0.119. The van der Waals surface area contributed by atoms with E-state index in [9.17, 15) is 13.2 Å². The van der Waals surface area contributed by atoms with E-state index in [1.807, 2.05) is 42.0 Å². The van der Waals surface area contributed by atoms with Crippen LogP contribution in [0.3, 0.4) is 0 Å². The minimum Gasteiger partial charge on any atom is -0.350 e. The Morgan fingerprint density at radius 3 is 2.29 bits per heavy atom. The number of nitrogens with one attached hydrogen (secondary N) is 1. The molecule has 7 nitrogen and oxygen atoms in total. The molecule has 0 atom stereocenters. The number of nitrogens with zero attached hydrogens (tertiary/aromatic N) is 3. The molecular formula is C25H23ClN4O3S. The highest BCUT2D eigenvalue weighted by Crippen LogP contribution is 2.25. The molecule has 1 aromatic heterocycles. The molecule has 1 heterocycles. The summed E-state index contributed by atoms with van der Waals surface area (Å²) < 4.78 is 29.7. The van der Waals surface area contributed by atoms with Crippen LogP contribution in [0.2, 0.25) is 5.02 Å². The predicted octanol–water partition coefficient (Wildman–Crippen LogP) is 4.35. The Morgan fingerprint density at radius 1 is 1.00 bits per heavy atom. The first-order chi connectivity index (χ1) is 16.3. The molecule has 1 N–H and O–H groups in total. The third kappa shape index (κ3) is 5.30. The van der Waals surface area contributed by atoms with Crippen molar-refractivity contribution in [3.63, 3.8) is 0 Å². The van der Waals surface area contributed by atoms with Crippen LogP contribution in [0, 0.1) is 6.92 Å². The number of hydrogen-bond donors (Lipinski definition) is 1. The van der Waals surface area contributed by atoms with E-state index in [1.54, 1.807) is 48.7 Å². The molecule has 0 radical (unpaired) electrons. The third-order valence-corrected chi connectivity index (χ3v) is 7.30. The van der Waals surface area contributed by atoms with Gasteiger partial charge in [0.05, 0.1) is 10.6 Å². The summed E-state index contributed by atoms with van der Waals surface area (Å²) in [5.41, 5.74) is 2.20. The van der Waals surface area contributed by atoms with Crippen molar-refractivity contribution in [2.75, 3.05) is 10.8 Å². The topological polar surface area (TPSA) is 84.3 Å². The molecule has 4 aromatic rings. The molecule has 1 amide bonds. The Morgan fingerprint density at radius 2 is 1.68 bits per heavy atom. The standard InChI is InChI=1S/C25H23ClN4O3S/c1-19-27-15-16-29(19)22-11-7-20(8-12-22)17-28-25(31)18-30(23-13-9-21(26)10-14-23)34(32,33)24-5-3-2-4-6-24/h2-16H,17-18H2,1H3,(H,28,31). The summed E-state index contributed by atoms with van der Waals surface area (Å²) in [6.07, 6.45) is 3.62. The number of carbonyl (C=O) groups excluding carboxylic acids is 1. The van der Waals surface area contributed by atoms with Gasteiger partial charge in [0.1, 0.15) is 12.4 Å². The van der Waals surface area contributed by atoms with E-state index in [-0.39, 0.29) is 18.0 Å². The Bertz CT molecular complexity index is 1370. The van der Waals surface area contributed by atoms with Gasteiger partial charge in [-0.05, 0) is 61.0 Å². The van der Waals surface area contributed by atoms with Crippen LogP contribution in [0.4, 0.5) is 5.69 Å². The van der Waals surface area contributed by atoms with Crippen LogP contribution in [0.15, 0.2) is 96.2 Å². The zero-order valence-corrected chi connectivity index (χ0v) is 20.0. The van der Waals surface area contributed by atoms with Crippen LogP contribution in [0.1, 0.15) is 11.4 Å². The van der Waals surface area contributed by atoms with Crippen molar-refractivity contribution in [1.29, 1.82) is 0 Å². The second-order valence-electron chi connectivity index (χ2n) is 7.59. The maximum absolute atomic E-state index is 13.3. The molecule has 0 aliphatic heterocycles. The van der Waals surface area contributed by atoms with Gasteiger partial charge in [-0.2, -0.15) is 0 Å². The highest BCUT2D eigenvalue weighted by Gasteiger charge is 2.27. The first kappa shape index (κ1) is 23.5. The molecule has 9 heteroatoms. The number of anilines is 1. The molecule has 0 saturated carbocycles. The lowest BCUT2D eigenvalue weighted by Crippen LogP contribution is -2.40. The summed E-state index contributed by atoms with van der Waals surface area (Å²) in [7, 11) is -3.96. The maximum atomic E-state index is 13.3. The van der Waals surface area contributed by atoms with Gasteiger partial charge in [-0.25, -0.2) is 13.4 Å². The summed E-state index contributed by atoms with van der Waals surface area (Å²) >= 11 is 5.97. The van der Waals surface area contributed by atoms with E-state index in [0.29, 0.717) is 10.7 Å². The van der Waals surface area contributed by atoms with Crippen molar-refractivity contribution in [2.45, 2.75) is 18.4 Å². The van der Waals surface area contributed by atoms with Gasteiger partial charge in [-0.1, -0.05) is 41.9 Å². The Hall–Kier alpha value is -3.62. The van der Waals surface area contributed by atoms with Gasteiger partial charge < -0.3 is 9.88 Å². The number of halogens is 1. The van der Waals surface area contributed by atoms with Crippen LogP contribution in [-0.2, 0) is 21.4 Å². The number of imidazole rings is 1. The second-order valence-corrected chi connectivity index (χ2v) is 9.89. The van der Waals surface area contributed by atoms with E-state index >= 15 is 0 Å².